The first-order valence-corrected chi connectivity index (χ1v) is 13.4. The lowest BCUT2D eigenvalue weighted by molar-refractivity contribution is -0.384. The Kier molecular flexibility index (Phi) is 9.69. The Morgan fingerprint density at radius 2 is 1.72 bits per heavy atom. The number of nitro benzene ring substituents is 1. The van der Waals surface area contributed by atoms with Gasteiger partial charge in [0.05, 0.1) is 31.4 Å². The van der Waals surface area contributed by atoms with Crippen molar-refractivity contribution in [3.63, 3.8) is 0 Å². The molecule has 1 amide bonds. The molecule has 0 fully saturated rings. The molecule has 0 spiro atoms. The number of nitrogens with zero attached hydrogens (tertiary/aromatic N) is 2. The van der Waals surface area contributed by atoms with Crippen LogP contribution in [0.1, 0.15) is 62.3 Å². The van der Waals surface area contributed by atoms with Gasteiger partial charge in [0.2, 0.25) is 15.9 Å². The monoisotopic (exact) mass is 521 g/mol. The molecule has 0 radical (unpaired) electrons. The van der Waals surface area contributed by atoms with E-state index in [1.165, 1.54) is 19.2 Å². The SMILES string of the molecule is COc1cc(C)c([C@H](C)NC(=O)CCCN(c2cc([N+](=O)[O-])ccc2OC)S(C)(=O)=O)cc1C(C)C. The second-order valence-electron chi connectivity index (χ2n) is 8.95. The van der Waals surface area contributed by atoms with Gasteiger partial charge in [-0.3, -0.25) is 19.2 Å². The van der Waals surface area contributed by atoms with Crippen LogP contribution in [-0.4, -0.2) is 46.3 Å². The molecular weight excluding hydrogens is 486 g/mol. The Balaban J connectivity index is 2.15. The van der Waals surface area contributed by atoms with Gasteiger partial charge in [0.25, 0.3) is 5.69 Å². The number of methoxy groups -OCH3 is 2. The molecule has 10 nitrogen and oxygen atoms in total. The molecule has 0 saturated heterocycles. The lowest BCUT2D eigenvalue weighted by Gasteiger charge is -2.24. The number of sulfonamides is 1. The number of nitro groups is 1. The first-order chi connectivity index (χ1) is 16.8. The predicted octanol–water partition coefficient (Wildman–Crippen LogP) is 4.47. The molecule has 0 aliphatic heterocycles. The van der Waals surface area contributed by atoms with E-state index in [0.717, 1.165) is 39.1 Å². The maximum Gasteiger partial charge on any atom is 0.271 e. The molecule has 11 heteroatoms. The zero-order chi connectivity index (χ0) is 27.2. The second kappa shape index (κ2) is 12.1. The van der Waals surface area contributed by atoms with Crippen LogP contribution in [0.2, 0.25) is 0 Å². The third kappa shape index (κ3) is 7.09. The van der Waals surface area contributed by atoms with Crippen LogP contribution in [0.4, 0.5) is 11.4 Å². The van der Waals surface area contributed by atoms with Crippen LogP contribution >= 0.6 is 0 Å². The summed E-state index contributed by atoms with van der Waals surface area (Å²) in [7, 11) is -0.809. The number of benzene rings is 2. The number of carbonyl (C=O) groups excluding carboxylic acids is 1. The number of amides is 1. The summed E-state index contributed by atoms with van der Waals surface area (Å²) in [4.78, 5) is 23.3. The highest BCUT2D eigenvalue weighted by Crippen LogP contribution is 2.34. The molecule has 2 rings (SSSR count). The number of aryl methyl sites for hydroxylation is 1. The zero-order valence-corrected chi connectivity index (χ0v) is 22.6. The fraction of sp³-hybridized carbons (Fsp3) is 0.480. The van der Waals surface area contributed by atoms with Crippen LogP contribution in [-0.2, 0) is 14.8 Å². The molecule has 0 unspecified atom stereocenters. The fourth-order valence-corrected chi connectivity index (χ4v) is 5.00. The van der Waals surface area contributed by atoms with Crippen molar-refractivity contribution in [1.29, 1.82) is 0 Å². The molecule has 198 valence electrons. The summed E-state index contributed by atoms with van der Waals surface area (Å²) in [5.41, 5.74) is 2.81. The summed E-state index contributed by atoms with van der Waals surface area (Å²) in [6.07, 6.45) is 1.28. The van der Waals surface area contributed by atoms with Gasteiger partial charge in [-0.05, 0) is 61.1 Å². The fourth-order valence-electron chi connectivity index (χ4n) is 4.04. The van der Waals surface area contributed by atoms with Crippen LogP contribution in [0.15, 0.2) is 30.3 Å². The maximum atomic E-state index is 12.7. The van der Waals surface area contributed by atoms with Gasteiger partial charge in [-0.1, -0.05) is 13.8 Å². The highest BCUT2D eigenvalue weighted by molar-refractivity contribution is 7.92. The minimum absolute atomic E-state index is 0.0444. The molecule has 0 bridgehead atoms. The highest BCUT2D eigenvalue weighted by atomic mass is 32.2. The Hall–Kier alpha value is -3.34. The van der Waals surface area contributed by atoms with Crippen molar-refractivity contribution < 1.29 is 27.6 Å². The van der Waals surface area contributed by atoms with Gasteiger partial charge < -0.3 is 14.8 Å². The van der Waals surface area contributed by atoms with Crippen molar-refractivity contribution in [3.05, 3.63) is 57.1 Å². The van der Waals surface area contributed by atoms with E-state index >= 15 is 0 Å². The van der Waals surface area contributed by atoms with Crippen LogP contribution < -0.4 is 19.1 Å². The first-order valence-electron chi connectivity index (χ1n) is 11.6. The number of ether oxygens (including phenoxy) is 2. The minimum Gasteiger partial charge on any atom is -0.496 e. The van der Waals surface area contributed by atoms with Gasteiger partial charge in [-0.2, -0.15) is 0 Å². The van der Waals surface area contributed by atoms with Gasteiger partial charge in [0, 0.05) is 25.1 Å². The molecule has 0 aliphatic rings. The van der Waals surface area contributed by atoms with Crippen molar-refractivity contribution in [3.8, 4) is 11.5 Å². The van der Waals surface area contributed by atoms with Gasteiger partial charge in [-0.25, -0.2) is 8.42 Å². The smallest absolute Gasteiger partial charge is 0.271 e. The summed E-state index contributed by atoms with van der Waals surface area (Å²) in [6.45, 7) is 7.96. The van der Waals surface area contributed by atoms with Gasteiger partial charge in [0.1, 0.15) is 17.2 Å². The second-order valence-corrected chi connectivity index (χ2v) is 10.9. The van der Waals surface area contributed by atoms with Crippen molar-refractivity contribution >= 4 is 27.3 Å². The zero-order valence-electron chi connectivity index (χ0n) is 21.8. The van der Waals surface area contributed by atoms with Crippen molar-refractivity contribution in [2.24, 2.45) is 0 Å². The van der Waals surface area contributed by atoms with Crippen LogP contribution in [0, 0.1) is 17.0 Å². The third-order valence-corrected chi connectivity index (χ3v) is 7.07. The molecule has 0 aromatic heterocycles. The summed E-state index contributed by atoms with van der Waals surface area (Å²) >= 11 is 0. The van der Waals surface area contributed by atoms with E-state index in [1.807, 2.05) is 26.0 Å². The Bertz CT molecular complexity index is 1210. The molecule has 0 saturated carbocycles. The van der Waals surface area contributed by atoms with Crippen molar-refractivity contribution in [1.82, 2.24) is 5.32 Å². The minimum atomic E-state index is -3.80. The number of anilines is 1. The largest absolute Gasteiger partial charge is 0.496 e. The molecular formula is C25H35N3O7S. The number of non-ortho nitro benzene ring substituents is 1. The number of carbonyl (C=O) groups is 1. The molecule has 0 aliphatic carbocycles. The van der Waals surface area contributed by atoms with Crippen LogP contribution in [0.5, 0.6) is 11.5 Å². The van der Waals surface area contributed by atoms with E-state index < -0.39 is 14.9 Å². The van der Waals surface area contributed by atoms with Crippen LogP contribution in [0.3, 0.4) is 0 Å². The van der Waals surface area contributed by atoms with Gasteiger partial charge in [0.15, 0.2) is 0 Å². The number of hydrogen-bond donors (Lipinski definition) is 1. The van der Waals surface area contributed by atoms with Crippen LogP contribution in [0.25, 0.3) is 0 Å². The van der Waals surface area contributed by atoms with E-state index in [9.17, 15) is 23.3 Å². The summed E-state index contributed by atoms with van der Waals surface area (Å²) < 4.78 is 36.7. The third-order valence-electron chi connectivity index (χ3n) is 5.89. The normalized spacial score (nSPS) is 12.2. The Morgan fingerprint density at radius 3 is 2.25 bits per heavy atom. The maximum absolute atomic E-state index is 12.7. The van der Waals surface area contributed by atoms with Crippen molar-refractivity contribution in [2.75, 3.05) is 31.3 Å². The van der Waals surface area contributed by atoms with E-state index in [0.29, 0.717) is 0 Å². The Labute approximate surface area is 212 Å². The van der Waals surface area contributed by atoms with Gasteiger partial charge >= 0.3 is 0 Å². The van der Waals surface area contributed by atoms with E-state index in [2.05, 4.69) is 19.2 Å². The first kappa shape index (κ1) is 28.9. The topological polar surface area (TPSA) is 128 Å². The molecule has 1 N–H and O–H groups in total. The lowest BCUT2D eigenvalue weighted by atomic mass is 9.93. The average Bonchev–Trinajstić information content (AvgIpc) is 2.79. The Morgan fingerprint density at radius 1 is 1.08 bits per heavy atom. The molecule has 36 heavy (non-hydrogen) atoms. The van der Waals surface area contributed by atoms with E-state index in [-0.39, 0.29) is 54.4 Å². The molecule has 0 heterocycles. The molecule has 1 atom stereocenters. The number of hydrogen-bond acceptors (Lipinski definition) is 7. The van der Waals surface area contributed by atoms with Crippen molar-refractivity contribution in [2.45, 2.75) is 52.5 Å². The molecule has 2 aromatic carbocycles. The quantitative estimate of drug-likeness (QED) is 0.322. The average molecular weight is 522 g/mol. The predicted molar refractivity (Wildman–Crippen MR) is 139 cm³/mol. The van der Waals surface area contributed by atoms with E-state index in [4.69, 9.17) is 9.47 Å². The summed E-state index contributed by atoms with van der Waals surface area (Å²) in [5, 5.41) is 14.2. The number of nitrogens with one attached hydrogen (secondary N) is 1. The molecule has 2 aromatic rings. The summed E-state index contributed by atoms with van der Waals surface area (Å²) in [5.74, 6) is 1.00. The van der Waals surface area contributed by atoms with Gasteiger partial charge in [-0.15, -0.1) is 0 Å². The highest BCUT2D eigenvalue weighted by Gasteiger charge is 2.24. The summed E-state index contributed by atoms with van der Waals surface area (Å²) in [6, 6.07) is 7.49. The van der Waals surface area contributed by atoms with E-state index in [1.54, 1.807) is 7.11 Å². The lowest BCUT2D eigenvalue weighted by Crippen LogP contribution is -2.33. The number of rotatable bonds is 12. The standard InChI is InChI=1S/C25H35N3O7S/c1-16(2)20-15-21(17(3)13-24(20)35-6)18(4)26-25(29)9-8-12-27(36(7,32)33)22-14-19(28(30)31)10-11-23(22)34-5/h10-11,13-16,18H,8-9,12H2,1-7H3,(H,26,29)/t18-/m0/s1.